The smallest absolute Gasteiger partial charge is 0.192 e. The van der Waals surface area contributed by atoms with Gasteiger partial charge in [-0.3, -0.25) is 11.1 Å². The average Bonchev–Trinajstić information content (AvgIpc) is 2.18. The molecule has 0 bridgehead atoms. The molecule has 0 aromatic heterocycles. The molecule has 0 fully saturated rings. The average molecular weight is 191 g/mol. The van der Waals surface area contributed by atoms with Crippen molar-refractivity contribution >= 4 is 5.96 Å². The quantitative estimate of drug-likeness (QED) is 0.479. The van der Waals surface area contributed by atoms with Gasteiger partial charge >= 0.3 is 0 Å². The Morgan fingerprint density at radius 2 is 1.93 bits per heavy atom. The molecule has 2 atom stereocenters. The van der Waals surface area contributed by atoms with Gasteiger partial charge in [0, 0.05) is 0 Å². The van der Waals surface area contributed by atoms with Gasteiger partial charge in [0.15, 0.2) is 5.96 Å². The summed E-state index contributed by atoms with van der Waals surface area (Å²) in [5.41, 5.74) is 12.3. The molecule has 14 heavy (non-hydrogen) atoms. The molecule has 1 aromatic rings. The van der Waals surface area contributed by atoms with Crippen molar-refractivity contribution in [3.63, 3.8) is 0 Å². The van der Waals surface area contributed by atoms with E-state index in [1.807, 2.05) is 30.3 Å². The molecule has 0 aliphatic carbocycles. The molecule has 5 heteroatoms. The van der Waals surface area contributed by atoms with Crippen LogP contribution in [0.1, 0.15) is 11.7 Å². The van der Waals surface area contributed by atoms with E-state index < -0.39 is 0 Å². The Bertz CT molecular complexity index is 334. The van der Waals surface area contributed by atoms with Gasteiger partial charge in [-0.15, -0.1) is 0 Å². The van der Waals surface area contributed by atoms with Crippen LogP contribution < -0.4 is 22.1 Å². The number of nitrogens with one attached hydrogen (secondary N) is 2. The van der Waals surface area contributed by atoms with Crippen LogP contribution in [0.25, 0.3) is 0 Å². The van der Waals surface area contributed by atoms with Crippen molar-refractivity contribution in [2.24, 2.45) is 16.5 Å². The minimum Gasteiger partial charge on any atom is -0.370 e. The second-order valence-electron chi connectivity index (χ2n) is 3.12. The number of hydrogen-bond donors (Lipinski definition) is 4. The Labute approximate surface area is 82.2 Å². The van der Waals surface area contributed by atoms with Gasteiger partial charge < -0.3 is 11.1 Å². The number of guanidine groups is 1. The van der Waals surface area contributed by atoms with E-state index in [2.05, 4.69) is 15.6 Å². The van der Waals surface area contributed by atoms with E-state index in [9.17, 15) is 0 Å². The molecular weight excluding hydrogens is 178 g/mol. The van der Waals surface area contributed by atoms with E-state index in [1.54, 1.807) is 0 Å². The van der Waals surface area contributed by atoms with Gasteiger partial charge in [0.25, 0.3) is 0 Å². The van der Waals surface area contributed by atoms with Crippen LogP contribution in [0.4, 0.5) is 0 Å². The molecular formula is C9H13N5. The van der Waals surface area contributed by atoms with Gasteiger partial charge in [0.05, 0.1) is 0 Å². The molecule has 1 heterocycles. The van der Waals surface area contributed by atoms with Gasteiger partial charge in [-0.25, -0.2) is 4.99 Å². The molecule has 1 aromatic carbocycles. The van der Waals surface area contributed by atoms with Crippen molar-refractivity contribution in [2.45, 2.75) is 12.5 Å². The summed E-state index contributed by atoms with van der Waals surface area (Å²) in [5.74, 6) is 0.366. The number of aliphatic imine (C=N–C) groups is 1. The minimum atomic E-state index is -0.349. The zero-order valence-electron chi connectivity index (χ0n) is 7.64. The highest BCUT2D eigenvalue weighted by Crippen LogP contribution is 2.14. The van der Waals surface area contributed by atoms with E-state index in [1.165, 1.54) is 0 Å². The van der Waals surface area contributed by atoms with Crippen LogP contribution >= 0.6 is 0 Å². The Morgan fingerprint density at radius 1 is 1.21 bits per heavy atom. The molecule has 0 radical (unpaired) electrons. The fourth-order valence-electron chi connectivity index (χ4n) is 1.39. The molecule has 0 saturated heterocycles. The van der Waals surface area contributed by atoms with Gasteiger partial charge in [-0.05, 0) is 5.56 Å². The maximum atomic E-state index is 5.67. The monoisotopic (exact) mass is 191 g/mol. The summed E-state index contributed by atoms with van der Waals surface area (Å²) < 4.78 is 0. The maximum absolute atomic E-state index is 5.67. The first kappa shape index (κ1) is 8.98. The van der Waals surface area contributed by atoms with Crippen molar-refractivity contribution < 1.29 is 0 Å². The van der Waals surface area contributed by atoms with Crippen LogP contribution in [0.3, 0.4) is 0 Å². The van der Waals surface area contributed by atoms with Gasteiger partial charge in [0.2, 0.25) is 0 Å². The van der Waals surface area contributed by atoms with Gasteiger partial charge in [-0.2, -0.15) is 0 Å². The summed E-state index contributed by atoms with van der Waals surface area (Å²) in [4.78, 5) is 4.20. The highest BCUT2D eigenvalue weighted by Gasteiger charge is 2.18. The summed E-state index contributed by atoms with van der Waals surface area (Å²) in [5, 5.41) is 5.84. The third-order valence-electron chi connectivity index (χ3n) is 2.02. The SMILES string of the molecule is NC1=NC(c2ccccc2)NC(N)N1. The molecule has 1 aliphatic heterocycles. The molecule has 6 N–H and O–H groups in total. The maximum Gasteiger partial charge on any atom is 0.192 e. The molecule has 0 spiro atoms. The summed E-state index contributed by atoms with van der Waals surface area (Å²) in [6.45, 7) is 0. The van der Waals surface area contributed by atoms with Crippen molar-refractivity contribution in [1.29, 1.82) is 0 Å². The van der Waals surface area contributed by atoms with E-state index >= 15 is 0 Å². The fraction of sp³-hybridized carbons (Fsp3) is 0.222. The Morgan fingerprint density at radius 3 is 2.57 bits per heavy atom. The van der Waals surface area contributed by atoms with E-state index in [-0.39, 0.29) is 12.5 Å². The highest BCUT2D eigenvalue weighted by atomic mass is 15.4. The zero-order chi connectivity index (χ0) is 9.97. The molecule has 0 saturated carbocycles. The number of nitrogens with two attached hydrogens (primary N) is 2. The first-order valence-corrected chi connectivity index (χ1v) is 4.42. The van der Waals surface area contributed by atoms with E-state index in [0.717, 1.165) is 5.56 Å². The Kier molecular flexibility index (Phi) is 2.34. The van der Waals surface area contributed by atoms with E-state index in [4.69, 9.17) is 11.5 Å². The van der Waals surface area contributed by atoms with Crippen molar-refractivity contribution in [3.05, 3.63) is 35.9 Å². The van der Waals surface area contributed by atoms with Crippen LogP contribution in [-0.2, 0) is 0 Å². The van der Waals surface area contributed by atoms with Crippen LogP contribution in [-0.4, -0.2) is 12.2 Å². The molecule has 2 rings (SSSR count). The standard InChI is InChI=1S/C9H13N5/c10-8-12-7(13-9(11)14-8)6-4-2-1-3-5-6/h1-5,7-8,12H,10H2,(H3,11,13,14). The third kappa shape index (κ3) is 1.84. The lowest BCUT2D eigenvalue weighted by atomic mass is 10.2. The predicted octanol–water partition coefficient (Wildman–Crippen LogP) is -0.565. The first-order valence-electron chi connectivity index (χ1n) is 4.42. The minimum absolute atomic E-state index is 0.160. The molecule has 0 amide bonds. The second kappa shape index (κ2) is 3.65. The number of rotatable bonds is 1. The summed E-state index contributed by atoms with van der Waals surface area (Å²) >= 11 is 0. The largest absolute Gasteiger partial charge is 0.370 e. The van der Waals surface area contributed by atoms with Crippen LogP contribution in [0.5, 0.6) is 0 Å². The van der Waals surface area contributed by atoms with Crippen LogP contribution in [0.15, 0.2) is 35.3 Å². The van der Waals surface area contributed by atoms with E-state index in [0.29, 0.717) is 5.96 Å². The Balaban J connectivity index is 2.23. The second-order valence-corrected chi connectivity index (χ2v) is 3.12. The summed E-state index contributed by atoms with van der Waals surface area (Å²) in [6.07, 6.45) is -0.509. The lowest BCUT2D eigenvalue weighted by Gasteiger charge is -2.27. The summed E-state index contributed by atoms with van der Waals surface area (Å²) in [6, 6.07) is 9.82. The summed E-state index contributed by atoms with van der Waals surface area (Å²) in [7, 11) is 0. The zero-order valence-corrected chi connectivity index (χ0v) is 7.64. The lowest BCUT2D eigenvalue weighted by Crippen LogP contribution is -2.58. The fourth-order valence-corrected chi connectivity index (χ4v) is 1.39. The topological polar surface area (TPSA) is 88.5 Å². The molecule has 1 aliphatic rings. The number of nitrogens with zero attached hydrogens (tertiary/aromatic N) is 1. The highest BCUT2D eigenvalue weighted by molar-refractivity contribution is 5.78. The van der Waals surface area contributed by atoms with Crippen molar-refractivity contribution in [3.8, 4) is 0 Å². The van der Waals surface area contributed by atoms with Gasteiger partial charge in [0.1, 0.15) is 12.5 Å². The van der Waals surface area contributed by atoms with Crippen molar-refractivity contribution in [1.82, 2.24) is 10.6 Å². The molecule has 5 nitrogen and oxygen atoms in total. The molecule has 74 valence electrons. The van der Waals surface area contributed by atoms with Gasteiger partial charge in [-0.1, -0.05) is 30.3 Å². The lowest BCUT2D eigenvalue weighted by molar-refractivity contribution is 0.405. The van der Waals surface area contributed by atoms with Crippen LogP contribution in [0, 0.1) is 0 Å². The first-order chi connectivity index (χ1) is 6.75. The number of hydrogen-bond acceptors (Lipinski definition) is 5. The predicted molar refractivity (Wildman–Crippen MR) is 55.1 cm³/mol. The third-order valence-corrected chi connectivity index (χ3v) is 2.02. The Hall–Kier alpha value is -1.59. The molecule has 2 unspecified atom stereocenters. The normalized spacial score (nSPS) is 26.5. The van der Waals surface area contributed by atoms with Crippen molar-refractivity contribution in [2.75, 3.05) is 0 Å². The van der Waals surface area contributed by atoms with Crippen LogP contribution in [0.2, 0.25) is 0 Å². The number of benzene rings is 1.